The first-order chi connectivity index (χ1) is 9.75. The van der Waals surface area contributed by atoms with E-state index in [1.165, 1.54) is 0 Å². The Hall–Kier alpha value is -1.31. The van der Waals surface area contributed by atoms with Gasteiger partial charge in [-0.2, -0.15) is 4.98 Å². The minimum absolute atomic E-state index is 0.150. The van der Waals surface area contributed by atoms with Crippen LogP contribution in [0.3, 0.4) is 0 Å². The third-order valence-corrected chi connectivity index (χ3v) is 4.12. The molecule has 2 aromatic heterocycles. The van der Waals surface area contributed by atoms with Crippen LogP contribution in [0, 0.1) is 0 Å². The molecule has 0 radical (unpaired) electrons. The number of hydrogen-bond acceptors (Lipinski definition) is 6. The zero-order valence-corrected chi connectivity index (χ0v) is 12.8. The lowest BCUT2D eigenvalue weighted by Crippen LogP contribution is -2.44. The molecule has 6 nitrogen and oxygen atoms in total. The molecule has 1 saturated heterocycles. The first-order valence-corrected chi connectivity index (χ1v) is 7.44. The van der Waals surface area contributed by atoms with Crippen LogP contribution in [-0.4, -0.2) is 46.2 Å². The summed E-state index contributed by atoms with van der Waals surface area (Å²) in [5.74, 6) is 1.16. The monoisotopic (exact) mass is 337 g/mol. The smallest absolute Gasteiger partial charge is 0.277 e. The molecule has 0 saturated carbocycles. The van der Waals surface area contributed by atoms with Gasteiger partial charge in [0.25, 0.3) is 5.89 Å². The highest BCUT2D eigenvalue weighted by Gasteiger charge is 2.23. The molecule has 1 aliphatic rings. The van der Waals surface area contributed by atoms with Crippen LogP contribution in [0.5, 0.6) is 0 Å². The van der Waals surface area contributed by atoms with Crippen molar-refractivity contribution in [2.45, 2.75) is 13.0 Å². The Bertz CT molecular complexity index is 582. The lowest BCUT2D eigenvalue weighted by molar-refractivity contribution is 0.176. The first-order valence-electron chi connectivity index (χ1n) is 6.65. The molecule has 0 amide bonds. The third kappa shape index (κ3) is 2.74. The number of nitrogens with zero attached hydrogens (tertiary/aromatic N) is 4. The van der Waals surface area contributed by atoms with Crippen LogP contribution in [-0.2, 0) is 0 Å². The Balaban J connectivity index is 1.81. The van der Waals surface area contributed by atoms with E-state index in [-0.39, 0.29) is 6.04 Å². The molecule has 0 bridgehead atoms. The molecule has 1 atom stereocenters. The summed E-state index contributed by atoms with van der Waals surface area (Å²) >= 11 is 3.45. The molecule has 20 heavy (non-hydrogen) atoms. The number of pyridine rings is 1. The van der Waals surface area contributed by atoms with E-state index < -0.39 is 0 Å². The van der Waals surface area contributed by atoms with Crippen molar-refractivity contribution in [3.05, 3.63) is 28.6 Å². The minimum atomic E-state index is 0.150. The molecule has 2 aromatic rings. The van der Waals surface area contributed by atoms with Crippen molar-refractivity contribution in [3.63, 3.8) is 0 Å². The van der Waals surface area contributed by atoms with Gasteiger partial charge >= 0.3 is 0 Å². The highest BCUT2D eigenvalue weighted by atomic mass is 79.9. The molecule has 7 heteroatoms. The van der Waals surface area contributed by atoms with Crippen molar-refractivity contribution in [3.8, 4) is 11.6 Å². The summed E-state index contributed by atoms with van der Waals surface area (Å²) < 4.78 is 6.20. The fraction of sp³-hybridized carbons (Fsp3) is 0.462. The van der Waals surface area contributed by atoms with Gasteiger partial charge in [0.2, 0.25) is 0 Å². The molecule has 0 aliphatic carbocycles. The first kappa shape index (κ1) is 13.7. The summed E-state index contributed by atoms with van der Waals surface area (Å²) in [6.45, 7) is 6.10. The largest absolute Gasteiger partial charge is 0.332 e. The van der Waals surface area contributed by atoms with Crippen LogP contribution >= 0.6 is 15.9 Å². The van der Waals surface area contributed by atoms with Crippen LogP contribution in [0.4, 0.5) is 0 Å². The predicted octanol–water partition coefficient (Wildman–Crippen LogP) is 1.86. The van der Waals surface area contributed by atoms with Gasteiger partial charge in [-0.1, -0.05) is 5.16 Å². The number of aromatic nitrogens is 3. The van der Waals surface area contributed by atoms with Crippen molar-refractivity contribution in [1.29, 1.82) is 0 Å². The summed E-state index contributed by atoms with van der Waals surface area (Å²) in [5, 5.41) is 7.44. The minimum Gasteiger partial charge on any atom is -0.332 e. The van der Waals surface area contributed by atoms with Crippen molar-refractivity contribution in [2.24, 2.45) is 0 Å². The molecule has 1 N–H and O–H groups in total. The number of hydrogen-bond donors (Lipinski definition) is 1. The maximum atomic E-state index is 5.35. The molecule has 3 heterocycles. The Labute approximate surface area is 125 Å². The van der Waals surface area contributed by atoms with Gasteiger partial charge in [-0.05, 0) is 35.0 Å². The van der Waals surface area contributed by atoms with Crippen LogP contribution in [0.15, 0.2) is 27.3 Å². The highest BCUT2D eigenvalue weighted by molar-refractivity contribution is 9.10. The normalized spacial score (nSPS) is 18.1. The van der Waals surface area contributed by atoms with Crippen LogP contribution in [0.2, 0.25) is 0 Å². The van der Waals surface area contributed by atoms with Gasteiger partial charge in [-0.3, -0.25) is 4.90 Å². The highest BCUT2D eigenvalue weighted by Crippen LogP contribution is 2.26. The van der Waals surface area contributed by atoms with E-state index in [0.717, 1.165) is 30.7 Å². The van der Waals surface area contributed by atoms with Crippen LogP contribution in [0.1, 0.15) is 18.8 Å². The molecule has 0 aromatic carbocycles. The summed E-state index contributed by atoms with van der Waals surface area (Å²) in [4.78, 5) is 11.1. The predicted molar refractivity (Wildman–Crippen MR) is 78.1 cm³/mol. The van der Waals surface area contributed by atoms with E-state index in [9.17, 15) is 0 Å². The van der Waals surface area contributed by atoms with E-state index in [1.54, 1.807) is 6.20 Å². The average molecular weight is 338 g/mol. The Morgan fingerprint density at radius 2 is 2.20 bits per heavy atom. The maximum absolute atomic E-state index is 5.35. The number of halogens is 1. The van der Waals surface area contributed by atoms with Crippen molar-refractivity contribution >= 4 is 15.9 Å². The van der Waals surface area contributed by atoms with E-state index in [4.69, 9.17) is 4.52 Å². The molecule has 1 unspecified atom stereocenters. The molecule has 1 aliphatic heterocycles. The van der Waals surface area contributed by atoms with E-state index in [0.29, 0.717) is 17.4 Å². The van der Waals surface area contributed by atoms with Gasteiger partial charge in [-0.25, -0.2) is 4.98 Å². The number of nitrogens with one attached hydrogen (secondary N) is 1. The molecule has 0 spiro atoms. The summed E-state index contributed by atoms with van der Waals surface area (Å²) in [7, 11) is 0. The lowest BCUT2D eigenvalue weighted by atomic mass is 10.2. The standard InChI is InChI=1S/C13H16BrN5O/c1-9(19-7-5-15-6-8-19)12-17-13(20-18-12)11-10(14)3-2-4-16-11/h2-4,9,15H,5-8H2,1H3. The quantitative estimate of drug-likeness (QED) is 0.922. The fourth-order valence-corrected chi connectivity index (χ4v) is 2.70. The summed E-state index contributed by atoms with van der Waals surface area (Å²) in [6, 6.07) is 3.91. The molecule has 1 fully saturated rings. The molecular formula is C13H16BrN5O. The second-order valence-electron chi connectivity index (χ2n) is 4.75. The number of rotatable bonds is 3. The van der Waals surface area contributed by atoms with Gasteiger partial charge < -0.3 is 9.84 Å². The van der Waals surface area contributed by atoms with E-state index >= 15 is 0 Å². The number of piperazine rings is 1. The summed E-state index contributed by atoms with van der Waals surface area (Å²) in [5.41, 5.74) is 0.679. The van der Waals surface area contributed by atoms with Crippen LogP contribution in [0.25, 0.3) is 11.6 Å². The lowest BCUT2D eigenvalue weighted by Gasteiger charge is -2.30. The molecule has 106 valence electrons. The van der Waals surface area contributed by atoms with Crippen molar-refractivity contribution < 1.29 is 4.52 Å². The van der Waals surface area contributed by atoms with Crippen LogP contribution < -0.4 is 5.32 Å². The van der Waals surface area contributed by atoms with Crippen molar-refractivity contribution in [1.82, 2.24) is 25.3 Å². The second kappa shape index (κ2) is 5.99. The Morgan fingerprint density at radius 3 is 2.95 bits per heavy atom. The Kier molecular flexibility index (Phi) is 4.09. The Morgan fingerprint density at radius 1 is 1.40 bits per heavy atom. The molecular weight excluding hydrogens is 322 g/mol. The third-order valence-electron chi connectivity index (χ3n) is 3.48. The van der Waals surface area contributed by atoms with Gasteiger partial charge in [-0.15, -0.1) is 0 Å². The topological polar surface area (TPSA) is 67.1 Å². The van der Waals surface area contributed by atoms with Crippen molar-refractivity contribution in [2.75, 3.05) is 26.2 Å². The van der Waals surface area contributed by atoms with Gasteiger partial charge in [0.15, 0.2) is 5.82 Å². The fourth-order valence-electron chi connectivity index (χ4n) is 2.28. The van der Waals surface area contributed by atoms with Gasteiger partial charge in [0.05, 0.1) is 6.04 Å². The van der Waals surface area contributed by atoms with E-state index in [2.05, 4.69) is 48.2 Å². The maximum Gasteiger partial charge on any atom is 0.277 e. The van der Waals surface area contributed by atoms with Gasteiger partial charge in [0.1, 0.15) is 5.69 Å². The summed E-state index contributed by atoms with van der Waals surface area (Å²) in [6.07, 6.45) is 1.71. The SMILES string of the molecule is CC(c1noc(-c2ncccc2Br)n1)N1CCNCC1. The zero-order chi connectivity index (χ0) is 13.9. The van der Waals surface area contributed by atoms with E-state index in [1.807, 2.05) is 12.1 Å². The van der Waals surface area contributed by atoms with Gasteiger partial charge in [0, 0.05) is 36.8 Å². The average Bonchev–Trinajstić information content (AvgIpc) is 2.97. The zero-order valence-electron chi connectivity index (χ0n) is 11.2. The molecule has 3 rings (SSSR count). The second-order valence-corrected chi connectivity index (χ2v) is 5.61.